The van der Waals surface area contributed by atoms with E-state index >= 15 is 0 Å². The normalized spacial score (nSPS) is 18.2. The lowest BCUT2D eigenvalue weighted by molar-refractivity contribution is 0.149. The van der Waals surface area contributed by atoms with E-state index in [1.54, 1.807) is 7.11 Å². The van der Waals surface area contributed by atoms with Gasteiger partial charge in [0.2, 0.25) is 0 Å². The van der Waals surface area contributed by atoms with Crippen LogP contribution >= 0.6 is 11.6 Å². The van der Waals surface area contributed by atoms with E-state index in [1.807, 2.05) is 0 Å². The molecule has 96 valence electrons. The maximum Gasteiger partial charge on any atom is 0.0462 e. The van der Waals surface area contributed by atoms with Crippen molar-refractivity contribution in [2.45, 2.75) is 51.0 Å². The summed E-state index contributed by atoms with van der Waals surface area (Å²) in [6.45, 7) is 3.14. The number of rotatable bonds is 8. The number of halogens is 1. The van der Waals surface area contributed by atoms with Gasteiger partial charge in [-0.2, -0.15) is 0 Å². The van der Waals surface area contributed by atoms with E-state index in [9.17, 15) is 0 Å². The molecule has 0 aromatic carbocycles. The van der Waals surface area contributed by atoms with Crippen molar-refractivity contribution >= 4 is 11.6 Å². The van der Waals surface area contributed by atoms with E-state index in [2.05, 4.69) is 4.90 Å². The van der Waals surface area contributed by atoms with E-state index in [1.165, 1.54) is 51.5 Å². The Morgan fingerprint density at radius 1 is 1.12 bits per heavy atom. The van der Waals surface area contributed by atoms with Crippen LogP contribution < -0.4 is 0 Å². The minimum Gasteiger partial charge on any atom is -0.385 e. The van der Waals surface area contributed by atoms with Crippen molar-refractivity contribution in [1.82, 2.24) is 4.90 Å². The van der Waals surface area contributed by atoms with Crippen LogP contribution in [0.25, 0.3) is 0 Å². The molecule has 3 heteroatoms. The minimum absolute atomic E-state index is 0.765. The summed E-state index contributed by atoms with van der Waals surface area (Å²) >= 11 is 5.89. The van der Waals surface area contributed by atoms with Crippen molar-refractivity contribution in [3.8, 4) is 0 Å². The molecule has 0 spiro atoms. The van der Waals surface area contributed by atoms with Crippen LogP contribution in [0, 0.1) is 0 Å². The highest BCUT2D eigenvalue weighted by Gasteiger charge is 2.19. The fraction of sp³-hybridized carbons (Fsp3) is 1.00. The Bertz CT molecular complexity index is 160. The maximum absolute atomic E-state index is 5.89. The van der Waals surface area contributed by atoms with Gasteiger partial charge in [-0.3, -0.25) is 4.90 Å². The van der Waals surface area contributed by atoms with Gasteiger partial charge in [0.1, 0.15) is 0 Å². The molecule has 1 aliphatic carbocycles. The van der Waals surface area contributed by atoms with Gasteiger partial charge in [-0.1, -0.05) is 19.3 Å². The molecule has 0 N–H and O–H groups in total. The Labute approximate surface area is 105 Å². The largest absolute Gasteiger partial charge is 0.385 e. The number of methoxy groups -OCH3 is 1. The third-order valence-corrected chi connectivity index (χ3v) is 3.68. The van der Waals surface area contributed by atoms with E-state index < -0.39 is 0 Å². The summed E-state index contributed by atoms with van der Waals surface area (Å²) in [7, 11) is 1.78. The Hall–Kier alpha value is 0.210. The predicted molar refractivity (Wildman–Crippen MR) is 70.3 cm³/mol. The van der Waals surface area contributed by atoms with Crippen LogP contribution in [0.3, 0.4) is 0 Å². The zero-order valence-corrected chi connectivity index (χ0v) is 11.3. The molecule has 0 radical (unpaired) electrons. The number of unbranched alkanes of at least 4 members (excludes halogenated alkanes) is 1. The second kappa shape index (κ2) is 9.26. The smallest absolute Gasteiger partial charge is 0.0462 e. The molecule has 0 aromatic rings. The SMILES string of the molecule is COCCCCN(CCCl)C1CCCCC1. The molecule has 0 saturated heterocycles. The first-order chi connectivity index (χ1) is 7.88. The molecule has 1 rings (SSSR count). The van der Waals surface area contributed by atoms with Crippen LogP contribution in [-0.4, -0.2) is 43.6 Å². The van der Waals surface area contributed by atoms with Gasteiger partial charge in [-0.25, -0.2) is 0 Å². The molecule has 0 atom stereocenters. The average molecular weight is 248 g/mol. The van der Waals surface area contributed by atoms with Crippen LogP contribution in [-0.2, 0) is 4.74 Å². The number of alkyl halides is 1. The molecule has 1 saturated carbocycles. The molecule has 2 nitrogen and oxygen atoms in total. The Balaban J connectivity index is 2.22. The summed E-state index contributed by atoms with van der Waals surface area (Å²) in [4.78, 5) is 2.60. The standard InChI is InChI=1S/C13H26ClNO/c1-16-12-6-5-10-15(11-9-14)13-7-3-2-4-8-13/h13H,2-12H2,1H3. The zero-order chi connectivity index (χ0) is 11.6. The molecule has 0 aromatic heterocycles. The summed E-state index contributed by atoms with van der Waals surface area (Å²) < 4.78 is 5.08. The molecule has 1 fully saturated rings. The highest BCUT2D eigenvalue weighted by molar-refractivity contribution is 6.18. The van der Waals surface area contributed by atoms with Crippen molar-refractivity contribution < 1.29 is 4.74 Å². The van der Waals surface area contributed by atoms with Gasteiger partial charge >= 0.3 is 0 Å². The van der Waals surface area contributed by atoms with Gasteiger partial charge in [0.15, 0.2) is 0 Å². The second-order valence-corrected chi connectivity index (χ2v) is 5.09. The predicted octanol–water partition coefficient (Wildman–Crippen LogP) is 3.29. The van der Waals surface area contributed by atoms with Gasteiger partial charge in [0, 0.05) is 32.2 Å². The van der Waals surface area contributed by atoms with Crippen LogP contribution in [0.5, 0.6) is 0 Å². The van der Waals surface area contributed by atoms with E-state index in [0.29, 0.717) is 0 Å². The lowest BCUT2D eigenvalue weighted by Gasteiger charge is -2.34. The molecule has 0 heterocycles. The van der Waals surface area contributed by atoms with Crippen molar-refractivity contribution in [2.75, 3.05) is 32.7 Å². The fourth-order valence-corrected chi connectivity index (χ4v) is 2.81. The van der Waals surface area contributed by atoms with E-state index in [0.717, 1.165) is 25.1 Å². The number of nitrogens with zero attached hydrogens (tertiary/aromatic N) is 1. The van der Waals surface area contributed by atoms with Crippen molar-refractivity contribution in [2.24, 2.45) is 0 Å². The highest BCUT2D eigenvalue weighted by Crippen LogP contribution is 2.22. The molecule has 16 heavy (non-hydrogen) atoms. The van der Waals surface area contributed by atoms with Crippen LogP contribution in [0.1, 0.15) is 44.9 Å². The number of hydrogen-bond donors (Lipinski definition) is 0. The lowest BCUT2D eigenvalue weighted by Crippen LogP contribution is -2.38. The first-order valence-electron chi connectivity index (χ1n) is 6.67. The van der Waals surface area contributed by atoms with Gasteiger partial charge < -0.3 is 4.74 Å². The Morgan fingerprint density at radius 2 is 1.88 bits per heavy atom. The van der Waals surface area contributed by atoms with Crippen molar-refractivity contribution in [3.63, 3.8) is 0 Å². The third-order valence-electron chi connectivity index (χ3n) is 3.51. The van der Waals surface area contributed by atoms with E-state index in [-0.39, 0.29) is 0 Å². The first kappa shape index (κ1) is 14.3. The molecule has 0 unspecified atom stereocenters. The summed E-state index contributed by atoms with van der Waals surface area (Å²) in [5, 5.41) is 0. The number of hydrogen-bond acceptors (Lipinski definition) is 2. The summed E-state index contributed by atoms with van der Waals surface area (Å²) in [5.74, 6) is 0.765. The van der Waals surface area contributed by atoms with Crippen LogP contribution in [0.15, 0.2) is 0 Å². The summed E-state index contributed by atoms with van der Waals surface area (Å²) in [6.07, 6.45) is 9.39. The van der Waals surface area contributed by atoms with Crippen molar-refractivity contribution in [3.05, 3.63) is 0 Å². The zero-order valence-electron chi connectivity index (χ0n) is 10.6. The monoisotopic (exact) mass is 247 g/mol. The molecular weight excluding hydrogens is 222 g/mol. The topological polar surface area (TPSA) is 12.5 Å². The lowest BCUT2D eigenvalue weighted by atomic mass is 9.94. The Kier molecular flexibility index (Phi) is 8.26. The second-order valence-electron chi connectivity index (χ2n) is 4.72. The fourth-order valence-electron chi connectivity index (χ4n) is 2.59. The molecule has 0 amide bonds. The summed E-state index contributed by atoms with van der Waals surface area (Å²) in [5.41, 5.74) is 0. The van der Waals surface area contributed by atoms with Crippen molar-refractivity contribution in [1.29, 1.82) is 0 Å². The third kappa shape index (κ3) is 5.51. The first-order valence-corrected chi connectivity index (χ1v) is 7.21. The van der Waals surface area contributed by atoms with Gasteiger partial charge in [0.05, 0.1) is 0 Å². The molecule has 1 aliphatic rings. The number of ether oxygens (including phenoxy) is 1. The van der Waals surface area contributed by atoms with Gasteiger partial charge in [-0.05, 0) is 32.2 Å². The van der Waals surface area contributed by atoms with Gasteiger partial charge in [0.25, 0.3) is 0 Å². The molecular formula is C13H26ClNO. The van der Waals surface area contributed by atoms with Gasteiger partial charge in [-0.15, -0.1) is 11.6 Å². The summed E-state index contributed by atoms with van der Waals surface area (Å²) in [6, 6.07) is 0.801. The maximum atomic E-state index is 5.89. The minimum atomic E-state index is 0.765. The highest BCUT2D eigenvalue weighted by atomic mass is 35.5. The van der Waals surface area contributed by atoms with Crippen LogP contribution in [0.4, 0.5) is 0 Å². The van der Waals surface area contributed by atoms with E-state index in [4.69, 9.17) is 16.3 Å². The quantitative estimate of drug-likeness (QED) is 0.482. The molecule has 0 aliphatic heterocycles. The van der Waals surface area contributed by atoms with Crippen LogP contribution in [0.2, 0.25) is 0 Å². The average Bonchev–Trinajstić information content (AvgIpc) is 2.34. The molecule has 0 bridgehead atoms. The Morgan fingerprint density at radius 3 is 2.50 bits per heavy atom.